The molecular weight excluding hydrogens is 252 g/mol. The van der Waals surface area contributed by atoms with Gasteiger partial charge in [-0.05, 0) is 55.8 Å². The summed E-state index contributed by atoms with van der Waals surface area (Å²) in [6, 6.07) is 0.0751. The van der Waals surface area contributed by atoms with Crippen molar-refractivity contribution in [1.82, 2.24) is 5.32 Å². The van der Waals surface area contributed by atoms with Gasteiger partial charge in [0.2, 0.25) is 5.91 Å². The highest BCUT2D eigenvalue weighted by Gasteiger charge is 2.49. The van der Waals surface area contributed by atoms with E-state index in [9.17, 15) is 9.90 Å². The van der Waals surface area contributed by atoms with Crippen LogP contribution in [0.25, 0.3) is 0 Å². The summed E-state index contributed by atoms with van der Waals surface area (Å²) in [6.45, 7) is 0.955. The number of aliphatic hydroxyl groups excluding tert-OH is 1. The molecule has 0 radical (unpaired) electrons. The van der Waals surface area contributed by atoms with Gasteiger partial charge in [-0.1, -0.05) is 12.8 Å². The molecule has 2 bridgehead atoms. The molecule has 3 saturated carbocycles. The predicted octanol–water partition coefficient (Wildman–Crippen LogP) is 1.42. The van der Waals surface area contributed by atoms with Gasteiger partial charge in [-0.3, -0.25) is 4.79 Å². The smallest absolute Gasteiger partial charge is 0.224 e. The quantitative estimate of drug-likeness (QED) is 0.713. The van der Waals surface area contributed by atoms with E-state index in [1.54, 1.807) is 0 Å². The largest absolute Gasteiger partial charge is 0.396 e. The van der Waals surface area contributed by atoms with Gasteiger partial charge in [0.05, 0.1) is 5.92 Å². The number of nitrogens with two attached hydrogens (primary N) is 1. The number of carbonyl (C=O) groups excluding carboxylic acids is 1. The van der Waals surface area contributed by atoms with Gasteiger partial charge in [0.1, 0.15) is 0 Å². The van der Waals surface area contributed by atoms with Crippen LogP contribution in [0.2, 0.25) is 0 Å². The molecule has 3 aliphatic rings. The molecule has 4 unspecified atom stereocenters. The van der Waals surface area contributed by atoms with E-state index in [0.717, 1.165) is 32.2 Å². The van der Waals surface area contributed by atoms with E-state index in [1.807, 2.05) is 0 Å². The lowest BCUT2D eigenvalue weighted by atomic mass is 9.81. The van der Waals surface area contributed by atoms with Gasteiger partial charge in [-0.2, -0.15) is 0 Å². The summed E-state index contributed by atoms with van der Waals surface area (Å²) < 4.78 is 0. The molecule has 3 aliphatic carbocycles. The molecule has 0 aromatic rings. The van der Waals surface area contributed by atoms with Crippen molar-refractivity contribution >= 4 is 5.91 Å². The second-order valence-corrected chi connectivity index (χ2v) is 7.33. The Labute approximate surface area is 121 Å². The molecule has 20 heavy (non-hydrogen) atoms. The Bertz CT molecular complexity index is 363. The second-order valence-electron chi connectivity index (χ2n) is 7.33. The molecule has 0 saturated heterocycles. The van der Waals surface area contributed by atoms with Crippen LogP contribution in [0.15, 0.2) is 0 Å². The third kappa shape index (κ3) is 2.48. The van der Waals surface area contributed by atoms with Crippen LogP contribution in [0.4, 0.5) is 0 Å². The molecule has 0 aliphatic heterocycles. The Balaban J connectivity index is 1.56. The number of fused-ring (bicyclic) bond motifs is 2. The Hall–Kier alpha value is -0.610. The maximum atomic E-state index is 12.5. The van der Waals surface area contributed by atoms with E-state index in [1.165, 1.54) is 25.7 Å². The number of carbonyl (C=O) groups is 1. The molecule has 0 spiro atoms. The van der Waals surface area contributed by atoms with Crippen LogP contribution < -0.4 is 11.1 Å². The summed E-state index contributed by atoms with van der Waals surface area (Å²) in [7, 11) is 0. The molecule has 4 nitrogen and oxygen atoms in total. The van der Waals surface area contributed by atoms with Crippen molar-refractivity contribution < 1.29 is 9.90 Å². The topological polar surface area (TPSA) is 75.4 Å². The normalized spacial score (nSPS) is 38.3. The number of amides is 1. The maximum absolute atomic E-state index is 12.5. The average molecular weight is 280 g/mol. The average Bonchev–Trinajstić information content (AvgIpc) is 3.12. The third-order valence-electron chi connectivity index (χ3n) is 6.23. The van der Waals surface area contributed by atoms with Gasteiger partial charge < -0.3 is 16.2 Å². The second kappa shape index (κ2) is 5.64. The minimum atomic E-state index is 0.0429. The molecule has 114 valence electrons. The fraction of sp³-hybridized carbons (Fsp3) is 0.938. The van der Waals surface area contributed by atoms with Crippen molar-refractivity contribution in [3.05, 3.63) is 0 Å². The molecule has 0 aromatic heterocycles. The lowest BCUT2D eigenvalue weighted by molar-refractivity contribution is -0.127. The van der Waals surface area contributed by atoms with E-state index >= 15 is 0 Å². The zero-order valence-corrected chi connectivity index (χ0v) is 12.3. The molecular formula is C16H28N2O2. The molecule has 1 amide bonds. The van der Waals surface area contributed by atoms with Gasteiger partial charge >= 0.3 is 0 Å². The molecule has 3 fully saturated rings. The number of hydrogen-bond acceptors (Lipinski definition) is 3. The van der Waals surface area contributed by atoms with Gasteiger partial charge in [-0.15, -0.1) is 0 Å². The predicted molar refractivity (Wildman–Crippen MR) is 77.9 cm³/mol. The molecule has 4 heteroatoms. The first-order valence-corrected chi connectivity index (χ1v) is 8.29. The highest BCUT2D eigenvalue weighted by molar-refractivity contribution is 5.80. The summed E-state index contributed by atoms with van der Waals surface area (Å²) in [6.07, 6.45) is 9.08. The summed E-state index contributed by atoms with van der Waals surface area (Å²) >= 11 is 0. The SMILES string of the molecule is NC1C2CCC(C2)C1C(=O)NCC1(CCO)CCCC1. The van der Waals surface area contributed by atoms with Crippen LogP contribution in [0.1, 0.15) is 51.4 Å². The van der Waals surface area contributed by atoms with Crippen molar-refractivity contribution in [2.45, 2.75) is 57.4 Å². The van der Waals surface area contributed by atoms with Crippen LogP contribution in [0.5, 0.6) is 0 Å². The van der Waals surface area contributed by atoms with Crippen molar-refractivity contribution in [3.63, 3.8) is 0 Å². The summed E-state index contributed by atoms with van der Waals surface area (Å²) in [5, 5.41) is 12.4. The third-order valence-corrected chi connectivity index (χ3v) is 6.23. The summed E-state index contributed by atoms with van der Waals surface area (Å²) in [5.41, 5.74) is 6.38. The highest BCUT2D eigenvalue weighted by Crippen LogP contribution is 2.48. The van der Waals surface area contributed by atoms with Crippen molar-refractivity contribution in [1.29, 1.82) is 0 Å². The van der Waals surface area contributed by atoms with E-state index in [0.29, 0.717) is 11.8 Å². The summed E-state index contributed by atoms with van der Waals surface area (Å²) in [4.78, 5) is 12.5. The Morgan fingerprint density at radius 3 is 2.55 bits per heavy atom. The monoisotopic (exact) mass is 280 g/mol. The van der Waals surface area contributed by atoms with Gasteiger partial charge in [0, 0.05) is 19.2 Å². The number of rotatable bonds is 5. The number of aliphatic hydroxyl groups is 1. The zero-order chi connectivity index (χ0) is 14.2. The van der Waals surface area contributed by atoms with Crippen molar-refractivity contribution in [3.8, 4) is 0 Å². The fourth-order valence-electron chi connectivity index (χ4n) is 4.99. The Morgan fingerprint density at radius 2 is 1.95 bits per heavy atom. The zero-order valence-electron chi connectivity index (χ0n) is 12.3. The minimum Gasteiger partial charge on any atom is -0.396 e. The molecule has 4 atom stereocenters. The van der Waals surface area contributed by atoms with Gasteiger partial charge in [0.25, 0.3) is 0 Å². The van der Waals surface area contributed by atoms with Crippen LogP contribution in [0.3, 0.4) is 0 Å². The standard InChI is InChI=1S/C16H28N2O2/c17-14-12-4-3-11(9-12)13(14)15(20)18-10-16(7-8-19)5-1-2-6-16/h11-14,19H,1-10,17H2,(H,18,20). The highest BCUT2D eigenvalue weighted by atomic mass is 16.3. The van der Waals surface area contributed by atoms with Crippen molar-refractivity contribution in [2.24, 2.45) is 28.9 Å². The van der Waals surface area contributed by atoms with Crippen LogP contribution in [-0.2, 0) is 4.79 Å². The Kier molecular flexibility index (Phi) is 4.04. The maximum Gasteiger partial charge on any atom is 0.224 e. The first-order valence-electron chi connectivity index (χ1n) is 8.29. The lowest BCUT2D eigenvalue weighted by Gasteiger charge is -2.31. The van der Waals surface area contributed by atoms with E-state index in [-0.39, 0.29) is 29.9 Å². The molecule has 3 rings (SSSR count). The fourth-order valence-corrected chi connectivity index (χ4v) is 4.99. The first-order chi connectivity index (χ1) is 9.65. The van der Waals surface area contributed by atoms with Crippen LogP contribution >= 0.6 is 0 Å². The van der Waals surface area contributed by atoms with E-state index < -0.39 is 0 Å². The van der Waals surface area contributed by atoms with E-state index in [4.69, 9.17) is 5.73 Å². The minimum absolute atomic E-state index is 0.0429. The number of hydrogen-bond donors (Lipinski definition) is 3. The van der Waals surface area contributed by atoms with Crippen LogP contribution in [-0.4, -0.2) is 30.2 Å². The molecule has 0 aromatic carbocycles. The first kappa shape index (κ1) is 14.3. The number of nitrogens with one attached hydrogen (secondary N) is 1. The van der Waals surface area contributed by atoms with Gasteiger partial charge in [-0.25, -0.2) is 0 Å². The van der Waals surface area contributed by atoms with Crippen LogP contribution in [0, 0.1) is 23.2 Å². The van der Waals surface area contributed by atoms with Gasteiger partial charge in [0.15, 0.2) is 0 Å². The Morgan fingerprint density at radius 1 is 1.25 bits per heavy atom. The van der Waals surface area contributed by atoms with Crippen molar-refractivity contribution in [2.75, 3.05) is 13.2 Å². The molecule has 4 N–H and O–H groups in total. The van der Waals surface area contributed by atoms with E-state index in [2.05, 4.69) is 5.32 Å². The molecule has 0 heterocycles. The summed E-state index contributed by atoms with van der Waals surface area (Å²) in [5.74, 6) is 1.32. The lowest BCUT2D eigenvalue weighted by Crippen LogP contribution is -2.47.